The van der Waals surface area contributed by atoms with E-state index in [1.165, 1.54) is 81.1 Å². The summed E-state index contributed by atoms with van der Waals surface area (Å²) in [6, 6.07) is 24.8. The van der Waals surface area contributed by atoms with Crippen molar-refractivity contribution in [3.8, 4) is 34.3 Å². The van der Waals surface area contributed by atoms with E-state index in [0.29, 0.717) is 44.4 Å². The predicted octanol–water partition coefficient (Wildman–Crippen LogP) is 12.7. The van der Waals surface area contributed by atoms with Crippen LogP contribution in [-0.4, -0.2) is 42.8 Å². The lowest BCUT2D eigenvalue weighted by atomic mass is 10.1. The van der Waals surface area contributed by atoms with Crippen molar-refractivity contribution in [3.63, 3.8) is 0 Å². The van der Waals surface area contributed by atoms with Crippen molar-refractivity contribution in [2.75, 3.05) is 17.7 Å². The summed E-state index contributed by atoms with van der Waals surface area (Å²) in [7, 11) is 4.24. The molecular formula is C42H30Cl2F8N8O2. The molecule has 62 heavy (non-hydrogen) atoms. The van der Waals surface area contributed by atoms with Crippen molar-refractivity contribution in [2.24, 2.45) is 14.1 Å². The Morgan fingerprint density at radius 3 is 1.35 bits per heavy atom. The van der Waals surface area contributed by atoms with Crippen LogP contribution in [0.5, 0.6) is 11.5 Å². The number of alkyl halides is 8. The molecule has 0 bridgehead atoms. The molecule has 0 radical (unpaired) electrons. The van der Waals surface area contributed by atoms with Gasteiger partial charge in [0.2, 0.25) is 0 Å². The van der Waals surface area contributed by atoms with E-state index in [4.69, 9.17) is 27.9 Å². The second-order valence-electron chi connectivity index (χ2n) is 13.3. The largest absolute Gasteiger partial charge is 0.497 e. The van der Waals surface area contributed by atoms with Crippen molar-refractivity contribution >= 4 is 68.0 Å². The molecule has 0 unspecified atom stereocenters. The third kappa shape index (κ3) is 9.30. The lowest BCUT2D eigenvalue weighted by Gasteiger charge is -2.12. The van der Waals surface area contributed by atoms with Gasteiger partial charge in [0.15, 0.2) is 11.6 Å². The minimum Gasteiger partial charge on any atom is -0.497 e. The van der Waals surface area contributed by atoms with Gasteiger partial charge in [0, 0.05) is 69.7 Å². The van der Waals surface area contributed by atoms with Gasteiger partial charge in [-0.05, 0) is 97.1 Å². The van der Waals surface area contributed by atoms with E-state index in [1.54, 1.807) is 49.6 Å². The molecule has 0 saturated heterocycles. The van der Waals surface area contributed by atoms with Gasteiger partial charge >= 0.3 is 19.0 Å². The van der Waals surface area contributed by atoms with E-state index in [2.05, 4.69) is 35.3 Å². The van der Waals surface area contributed by atoms with Crippen LogP contribution in [0.3, 0.4) is 0 Å². The number of hydrogen-bond acceptors (Lipinski definition) is 8. The van der Waals surface area contributed by atoms with Crippen LogP contribution in [0.1, 0.15) is 11.4 Å². The van der Waals surface area contributed by atoms with E-state index >= 15 is 0 Å². The molecule has 0 saturated carbocycles. The molecule has 20 heteroatoms. The molecule has 10 nitrogen and oxygen atoms in total. The Bertz CT molecular complexity index is 2880. The van der Waals surface area contributed by atoms with Gasteiger partial charge in [-0.15, -0.1) is 0 Å². The topological polar surface area (TPSA) is 104 Å². The first kappa shape index (κ1) is 43.4. The average Bonchev–Trinajstić information content (AvgIpc) is 3.69. The molecule has 2 N–H and O–H groups in total. The minimum absolute atomic E-state index is 0.0311. The predicted molar refractivity (Wildman–Crippen MR) is 221 cm³/mol. The van der Waals surface area contributed by atoms with Crippen LogP contribution >= 0.6 is 23.2 Å². The molecule has 4 aromatic carbocycles. The van der Waals surface area contributed by atoms with E-state index in [1.807, 2.05) is 0 Å². The normalized spacial score (nSPS) is 11.8. The van der Waals surface area contributed by atoms with E-state index in [-0.39, 0.29) is 44.8 Å². The molecule has 8 rings (SSSR count). The standard InChI is InChI=1S/C21H14ClF5N4O.C21H16ClF3N4O/c1-31-15-7-2-11(22)10-14(15)17(18(31)21(25,26)27)19-28-9-8-16(30-19)29-12-3-5-13(6-4-12)32-20(23)24;1-29-16-8-3-12(22)11-15(16)18(19(29)21(23,24)25)20-26-10-9-17(28-20)27-13-4-6-14(30-2)7-5-13/h2-10,20H,1H3,(H,28,29,30);3-11H,1-2H3,(H,26,27,28). The van der Waals surface area contributed by atoms with Gasteiger partial charge in [0.25, 0.3) is 0 Å². The van der Waals surface area contributed by atoms with Crippen LogP contribution < -0.4 is 20.1 Å². The molecular weight excluding hydrogens is 871 g/mol. The number of fused-ring (bicyclic) bond motifs is 2. The van der Waals surface area contributed by atoms with Crippen molar-refractivity contribution in [2.45, 2.75) is 19.0 Å². The number of methoxy groups -OCH3 is 1. The highest BCUT2D eigenvalue weighted by atomic mass is 35.5. The molecule has 0 aliphatic carbocycles. The van der Waals surface area contributed by atoms with Gasteiger partial charge < -0.3 is 29.2 Å². The van der Waals surface area contributed by atoms with Gasteiger partial charge in [0.05, 0.1) is 18.2 Å². The maximum atomic E-state index is 13.9. The number of rotatable bonds is 9. The van der Waals surface area contributed by atoms with Crippen LogP contribution in [0.15, 0.2) is 109 Å². The summed E-state index contributed by atoms with van der Waals surface area (Å²) in [5.41, 5.74) is -0.151. The number of aromatic nitrogens is 6. The van der Waals surface area contributed by atoms with Crippen molar-refractivity contribution in [3.05, 3.63) is 131 Å². The minimum atomic E-state index is -4.66. The first-order valence-corrected chi connectivity index (χ1v) is 18.8. The van der Waals surface area contributed by atoms with Gasteiger partial charge in [-0.3, -0.25) is 0 Å². The number of hydrogen-bond donors (Lipinski definition) is 2. The second kappa shape index (κ2) is 17.4. The summed E-state index contributed by atoms with van der Waals surface area (Å²) >= 11 is 12.1. The Kier molecular flexibility index (Phi) is 12.2. The van der Waals surface area contributed by atoms with Crippen LogP contribution in [0.4, 0.5) is 58.1 Å². The summed E-state index contributed by atoms with van der Waals surface area (Å²) in [5, 5.41) is 7.18. The number of nitrogens with zero attached hydrogens (tertiary/aromatic N) is 6. The van der Waals surface area contributed by atoms with E-state index < -0.39 is 30.4 Å². The number of anilines is 4. The average molecular weight is 902 g/mol. The molecule has 4 heterocycles. The highest BCUT2D eigenvalue weighted by Crippen LogP contribution is 2.44. The maximum absolute atomic E-state index is 13.9. The number of ether oxygens (including phenoxy) is 2. The number of nitrogens with one attached hydrogen (secondary N) is 2. The molecule has 320 valence electrons. The summed E-state index contributed by atoms with van der Waals surface area (Å²) in [6.45, 7) is -2.95. The van der Waals surface area contributed by atoms with Crippen LogP contribution in [0.2, 0.25) is 10.0 Å². The molecule has 0 aliphatic heterocycles. The number of aryl methyl sites for hydroxylation is 2. The zero-order valence-electron chi connectivity index (χ0n) is 32.2. The Morgan fingerprint density at radius 2 is 0.984 bits per heavy atom. The smallest absolute Gasteiger partial charge is 0.432 e. The summed E-state index contributed by atoms with van der Waals surface area (Å²) in [5.74, 6) is 1.03. The van der Waals surface area contributed by atoms with E-state index in [0.717, 1.165) is 9.13 Å². The van der Waals surface area contributed by atoms with Gasteiger partial charge in [-0.2, -0.15) is 35.1 Å². The summed E-state index contributed by atoms with van der Waals surface area (Å²) in [6.07, 6.45) is -6.53. The number of halogens is 10. The van der Waals surface area contributed by atoms with Crippen LogP contribution in [0, 0.1) is 0 Å². The molecule has 0 fully saturated rings. The van der Waals surface area contributed by atoms with Gasteiger partial charge in [-0.1, -0.05) is 23.2 Å². The molecule has 0 amide bonds. The monoisotopic (exact) mass is 900 g/mol. The highest BCUT2D eigenvalue weighted by Gasteiger charge is 2.41. The summed E-state index contributed by atoms with van der Waals surface area (Å²) < 4.78 is 120. The third-order valence-electron chi connectivity index (χ3n) is 9.33. The molecule has 8 aromatic rings. The quantitative estimate of drug-likeness (QED) is 0.138. The highest BCUT2D eigenvalue weighted by molar-refractivity contribution is 6.32. The summed E-state index contributed by atoms with van der Waals surface area (Å²) in [4.78, 5) is 16.8. The fraction of sp³-hybridized carbons (Fsp3) is 0.143. The Balaban J connectivity index is 0.000000187. The van der Waals surface area contributed by atoms with E-state index in [9.17, 15) is 35.1 Å². The Labute approximate surface area is 356 Å². The second-order valence-corrected chi connectivity index (χ2v) is 14.2. The van der Waals surface area contributed by atoms with Gasteiger partial charge in [0.1, 0.15) is 34.5 Å². The number of benzene rings is 4. The first-order valence-electron chi connectivity index (χ1n) is 18.0. The van der Waals surface area contributed by atoms with Crippen LogP contribution in [-0.2, 0) is 26.4 Å². The lowest BCUT2D eigenvalue weighted by molar-refractivity contribution is -0.143. The SMILES string of the molecule is COc1ccc(Nc2ccnc(-c3c(C(F)(F)F)n(C)c4ccc(Cl)cc34)n2)cc1.Cn1c(C(F)(F)F)c(-c2nccc(Nc3ccc(OC(F)F)cc3)n2)c2cc(Cl)ccc21. The van der Waals surface area contributed by atoms with Crippen molar-refractivity contribution < 1.29 is 44.6 Å². The maximum Gasteiger partial charge on any atom is 0.432 e. The fourth-order valence-corrected chi connectivity index (χ4v) is 7.08. The van der Waals surface area contributed by atoms with Crippen molar-refractivity contribution in [1.82, 2.24) is 29.1 Å². The zero-order chi connectivity index (χ0) is 44.5. The zero-order valence-corrected chi connectivity index (χ0v) is 33.8. The Hall–Kier alpha value is -6.66. The Morgan fingerprint density at radius 1 is 0.581 bits per heavy atom. The van der Waals surface area contributed by atoms with Crippen LogP contribution in [0.25, 0.3) is 44.6 Å². The molecule has 0 spiro atoms. The van der Waals surface area contributed by atoms with Crippen molar-refractivity contribution in [1.29, 1.82) is 0 Å². The first-order chi connectivity index (χ1) is 29.4. The molecule has 4 aromatic heterocycles. The third-order valence-corrected chi connectivity index (χ3v) is 9.80. The molecule has 0 aliphatic rings. The van der Waals surface area contributed by atoms with Gasteiger partial charge in [-0.25, -0.2) is 19.9 Å². The molecule has 0 atom stereocenters. The lowest BCUT2D eigenvalue weighted by Crippen LogP contribution is -2.13. The fourth-order valence-electron chi connectivity index (χ4n) is 6.74.